The molecule has 0 aliphatic rings. The minimum atomic E-state index is -1.12. The molecule has 0 amide bonds. The highest BCUT2D eigenvalue weighted by Gasteiger charge is 2.29. The summed E-state index contributed by atoms with van der Waals surface area (Å²) in [4.78, 5) is 28.5. The summed E-state index contributed by atoms with van der Waals surface area (Å²) in [5.41, 5.74) is 6.49. The lowest BCUT2D eigenvalue weighted by Gasteiger charge is -2.26. The highest BCUT2D eigenvalue weighted by Crippen LogP contribution is 2.15. The Balaban J connectivity index is 2.75. The van der Waals surface area contributed by atoms with E-state index in [9.17, 15) is 19.8 Å². The molecule has 7 nitrogen and oxygen atoms in total. The zero-order valence-electron chi connectivity index (χ0n) is 13.6. The Kier molecular flexibility index (Phi) is 6.99. The first-order valence-electron chi connectivity index (χ1n) is 7.47. The van der Waals surface area contributed by atoms with Crippen LogP contribution in [0.1, 0.15) is 25.8 Å². The topological polar surface area (TPSA) is 113 Å². The number of carboxylic acid groups (broad SMARTS) is 1. The summed E-state index contributed by atoms with van der Waals surface area (Å²) in [6.45, 7) is 3.74. The molecule has 0 radical (unpaired) electrons. The van der Waals surface area contributed by atoms with Crippen LogP contribution < -0.4 is 5.73 Å². The molecule has 3 atom stereocenters. The third-order valence-corrected chi connectivity index (χ3v) is 3.85. The second-order valence-corrected chi connectivity index (χ2v) is 5.59. The van der Waals surface area contributed by atoms with Gasteiger partial charge in [-0.05, 0) is 23.6 Å². The molecule has 4 N–H and O–H groups in total. The van der Waals surface area contributed by atoms with Crippen molar-refractivity contribution in [3.8, 4) is 5.75 Å². The number of rotatable bonds is 8. The Bertz CT molecular complexity index is 532. The molecule has 128 valence electrons. The number of nitrogens with two attached hydrogens (primary N) is 1. The molecule has 1 rings (SSSR count). The standard InChI is InChI=1S/C16H24N2O5/c1-4-10(2)14(17)16(22)23-18(3)13(15(20)21)9-11-5-7-12(19)8-6-11/h5-8,10,13-14,19H,4,9,17H2,1-3H3,(H,20,21)/t10-,13-,14-/m0/s1. The van der Waals surface area contributed by atoms with E-state index < -0.39 is 24.0 Å². The summed E-state index contributed by atoms with van der Waals surface area (Å²) in [5.74, 6) is -1.74. The Hall–Kier alpha value is -2.12. The Labute approximate surface area is 135 Å². The first-order chi connectivity index (χ1) is 10.8. The number of carbonyl (C=O) groups excluding carboxylic acids is 1. The smallest absolute Gasteiger partial charge is 0.342 e. The minimum absolute atomic E-state index is 0.0590. The third-order valence-electron chi connectivity index (χ3n) is 3.85. The molecule has 1 aromatic carbocycles. The second-order valence-electron chi connectivity index (χ2n) is 5.59. The number of phenolic OH excluding ortho intramolecular Hbond substituents is 1. The zero-order valence-corrected chi connectivity index (χ0v) is 13.6. The molecule has 0 fully saturated rings. The molecule has 0 aromatic heterocycles. The Morgan fingerprint density at radius 1 is 1.30 bits per heavy atom. The minimum Gasteiger partial charge on any atom is -0.508 e. The Morgan fingerprint density at radius 3 is 2.35 bits per heavy atom. The third kappa shape index (κ3) is 5.54. The summed E-state index contributed by atoms with van der Waals surface area (Å²) in [5, 5.41) is 19.6. The van der Waals surface area contributed by atoms with Crippen LogP contribution in [0.2, 0.25) is 0 Å². The molecular formula is C16H24N2O5. The van der Waals surface area contributed by atoms with Crippen LogP contribution in [0.5, 0.6) is 5.75 Å². The molecule has 23 heavy (non-hydrogen) atoms. The average molecular weight is 324 g/mol. The fourth-order valence-electron chi connectivity index (χ4n) is 1.98. The molecule has 0 heterocycles. The van der Waals surface area contributed by atoms with E-state index >= 15 is 0 Å². The van der Waals surface area contributed by atoms with Gasteiger partial charge in [-0.2, -0.15) is 0 Å². The van der Waals surface area contributed by atoms with Crippen LogP contribution in [0.25, 0.3) is 0 Å². The predicted octanol–water partition coefficient (Wildman–Crippen LogP) is 1.15. The SMILES string of the molecule is CC[C@H](C)[C@H](N)C(=O)ON(C)[C@@H](Cc1ccc(O)cc1)C(=O)O. The van der Waals surface area contributed by atoms with Gasteiger partial charge in [0.2, 0.25) is 0 Å². The molecule has 0 aliphatic carbocycles. The second kappa shape index (κ2) is 8.50. The van der Waals surface area contributed by atoms with E-state index in [0.717, 1.165) is 11.5 Å². The van der Waals surface area contributed by atoms with Crippen molar-refractivity contribution in [2.24, 2.45) is 11.7 Å². The molecule has 0 bridgehead atoms. The van der Waals surface area contributed by atoms with Crippen molar-refractivity contribution in [3.63, 3.8) is 0 Å². The Morgan fingerprint density at radius 2 is 1.87 bits per heavy atom. The first kappa shape index (κ1) is 18.9. The van der Waals surface area contributed by atoms with Crippen molar-refractivity contribution in [2.45, 2.75) is 38.8 Å². The number of likely N-dealkylation sites (N-methyl/N-ethyl adjacent to an activating group) is 1. The van der Waals surface area contributed by atoms with Gasteiger partial charge in [-0.1, -0.05) is 32.4 Å². The number of hydrogen-bond donors (Lipinski definition) is 3. The molecule has 0 saturated heterocycles. The number of carboxylic acids is 1. The summed E-state index contributed by atoms with van der Waals surface area (Å²) in [6, 6.07) is 4.33. The highest BCUT2D eigenvalue weighted by atomic mass is 16.7. The number of phenols is 1. The number of hydroxylamine groups is 2. The number of benzene rings is 1. The first-order valence-corrected chi connectivity index (χ1v) is 7.47. The van der Waals surface area contributed by atoms with Crippen LogP contribution in [0.3, 0.4) is 0 Å². The molecule has 0 spiro atoms. The van der Waals surface area contributed by atoms with Gasteiger partial charge in [0.15, 0.2) is 0 Å². The lowest BCUT2D eigenvalue weighted by molar-refractivity contribution is -0.201. The van der Waals surface area contributed by atoms with Crippen molar-refractivity contribution >= 4 is 11.9 Å². The number of aromatic hydroxyl groups is 1. The van der Waals surface area contributed by atoms with Gasteiger partial charge in [-0.3, -0.25) is 4.79 Å². The van der Waals surface area contributed by atoms with Gasteiger partial charge < -0.3 is 20.8 Å². The van der Waals surface area contributed by atoms with Crippen LogP contribution in [0, 0.1) is 5.92 Å². The molecular weight excluding hydrogens is 300 g/mol. The van der Waals surface area contributed by atoms with Crippen LogP contribution in [-0.2, 0) is 20.8 Å². The van der Waals surface area contributed by atoms with E-state index in [-0.39, 0.29) is 18.1 Å². The van der Waals surface area contributed by atoms with Crippen LogP contribution in [-0.4, -0.2) is 46.3 Å². The summed E-state index contributed by atoms with van der Waals surface area (Å²) < 4.78 is 0. The van der Waals surface area contributed by atoms with E-state index in [0.29, 0.717) is 5.56 Å². The van der Waals surface area contributed by atoms with Crippen molar-refractivity contribution in [3.05, 3.63) is 29.8 Å². The molecule has 0 unspecified atom stereocenters. The fourth-order valence-corrected chi connectivity index (χ4v) is 1.98. The van der Waals surface area contributed by atoms with E-state index in [1.807, 2.05) is 13.8 Å². The van der Waals surface area contributed by atoms with Crippen molar-refractivity contribution in [1.29, 1.82) is 0 Å². The number of carbonyl (C=O) groups is 2. The average Bonchev–Trinajstić information content (AvgIpc) is 2.52. The predicted molar refractivity (Wildman–Crippen MR) is 84.5 cm³/mol. The molecule has 0 aliphatic heterocycles. The molecule has 1 aromatic rings. The van der Waals surface area contributed by atoms with Gasteiger partial charge in [-0.25, -0.2) is 4.79 Å². The quantitative estimate of drug-likeness (QED) is 0.615. The number of nitrogens with zero attached hydrogens (tertiary/aromatic N) is 1. The monoisotopic (exact) mass is 324 g/mol. The summed E-state index contributed by atoms with van der Waals surface area (Å²) in [7, 11) is 1.39. The van der Waals surface area contributed by atoms with E-state index in [1.54, 1.807) is 12.1 Å². The maximum Gasteiger partial charge on any atom is 0.342 e. The van der Waals surface area contributed by atoms with E-state index in [1.165, 1.54) is 19.2 Å². The van der Waals surface area contributed by atoms with Gasteiger partial charge >= 0.3 is 11.9 Å². The zero-order chi connectivity index (χ0) is 17.6. The van der Waals surface area contributed by atoms with Crippen molar-refractivity contribution < 1.29 is 24.6 Å². The van der Waals surface area contributed by atoms with Crippen LogP contribution in [0.4, 0.5) is 0 Å². The lowest BCUT2D eigenvalue weighted by atomic mass is 10.0. The summed E-state index contributed by atoms with van der Waals surface area (Å²) in [6.07, 6.45) is 0.841. The lowest BCUT2D eigenvalue weighted by Crippen LogP contribution is -2.46. The number of aliphatic carboxylic acids is 1. The maximum absolute atomic E-state index is 12.0. The molecule has 0 saturated carbocycles. The van der Waals surface area contributed by atoms with Crippen molar-refractivity contribution in [1.82, 2.24) is 5.06 Å². The van der Waals surface area contributed by atoms with Crippen LogP contribution in [0.15, 0.2) is 24.3 Å². The molecule has 7 heteroatoms. The fraction of sp³-hybridized carbons (Fsp3) is 0.500. The highest BCUT2D eigenvalue weighted by molar-refractivity contribution is 5.77. The largest absolute Gasteiger partial charge is 0.508 e. The van der Waals surface area contributed by atoms with Gasteiger partial charge in [0, 0.05) is 13.5 Å². The normalized spacial score (nSPS) is 15.0. The van der Waals surface area contributed by atoms with Gasteiger partial charge in [0.25, 0.3) is 0 Å². The van der Waals surface area contributed by atoms with Crippen molar-refractivity contribution in [2.75, 3.05) is 7.05 Å². The maximum atomic E-state index is 12.0. The van der Waals surface area contributed by atoms with Crippen LogP contribution >= 0.6 is 0 Å². The van der Waals surface area contributed by atoms with Gasteiger partial charge in [0.1, 0.15) is 17.8 Å². The van der Waals surface area contributed by atoms with E-state index in [4.69, 9.17) is 10.6 Å². The summed E-state index contributed by atoms with van der Waals surface area (Å²) >= 11 is 0. The van der Waals surface area contributed by atoms with Gasteiger partial charge in [0.05, 0.1) is 0 Å². The number of hydrogen-bond acceptors (Lipinski definition) is 6. The van der Waals surface area contributed by atoms with Gasteiger partial charge in [-0.15, -0.1) is 5.06 Å². The van der Waals surface area contributed by atoms with E-state index in [2.05, 4.69) is 0 Å².